The lowest BCUT2D eigenvalue weighted by atomic mass is 10.1. The number of carboxylic acids is 1. The molecule has 0 aliphatic rings. The summed E-state index contributed by atoms with van der Waals surface area (Å²) in [5.74, 6) is -0.711. The van der Waals surface area contributed by atoms with Crippen molar-refractivity contribution in [1.82, 2.24) is 4.98 Å². The average molecular weight is 324 g/mol. The van der Waals surface area contributed by atoms with Crippen LogP contribution in [0.2, 0.25) is 0 Å². The molecule has 0 saturated heterocycles. The van der Waals surface area contributed by atoms with Gasteiger partial charge in [0.2, 0.25) is 0 Å². The number of aromatic nitrogens is 1. The Bertz CT molecular complexity index is 578. The fraction of sp³-hybridized carbons (Fsp3) is 0.467. The summed E-state index contributed by atoms with van der Waals surface area (Å²) in [7, 11) is 0. The van der Waals surface area contributed by atoms with Crippen LogP contribution < -0.4 is 4.90 Å². The number of hydrogen-bond acceptors (Lipinski definition) is 5. The molecule has 6 heteroatoms. The molecule has 2 heterocycles. The predicted octanol–water partition coefficient (Wildman–Crippen LogP) is 4.05. The van der Waals surface area contributed by atoms with E-state index in [1.165, 1.54) is 0 Å². The quantitative estimate of drug-likeness (QED) is 0.834. The highest BCUT2D eigenvalue weighted by atomic mass is 32.1. The summed E-state index contributed by atoms with van der Waals surface area (Å²) >= 11 is 3.25. The number of carbonyl (C=O) groups is 1. The number of aliphatic carboxylic acids is 1. The van der Waals surface area contributed by atoms with Crippen LogP contribution in [0.15, 0.2) is 22.9 Å². The third kappa shape index (κ3) is 4.28. The number of nitrogens with zero attached hydrogens (tertiary/aromatic N) is 2. The molecule has 0 aromatic carbocycles. The Hall–Kier alpha value is -1.40. The predicted molar refractivity (Wildman–Crippen MR) is 89.3 cm³/mol. The van der Waals surface area contributed by atoms with Crippen molar-refractivity contribution in [3.63, 3.8) is 0 Å². The van der Waals surface area contributed by atoms with Gasteiger partial charge in [0.05, 0.1) is 16.5 Å². The molecular weight excluding hydrogens is 304 g/mol. The van der Waals surface area contributed by atoms with E-state index in [1.54, 1.807) is 29.6 Å². The van der Waals surface area contributed by atoms with Crippen molar-refractivity contribution in [3.8, 4) is 10.6 Å². The number of rotatable bonds is 7. The Balaban J connectivity index is 2.18. The molecule has 2 aromatic heterocycles. The summed E-state index contributed by atoms with van der Waals surface area (Å²) in [6.07, 6.45) is 0. The van der Waals surface area contributed by atoms with Crippen LogP contribution in [0.1, 0.15) is 20.8 Å². The van der Waals surface area contributed by atoms with Gasteiger partial charge in [-0.2, -0.15) is 0 Å². The Morgan fingerprint density at radius 2 is 2.10 bits per heavy atom. The van der Waals surface area contributed by atoms with Crippen molar-refractivity contribution in [2.45, 2.75) is 20.8 Å². The zero-order valence-electron chi connectivity index (χ0n) is 12.4. The van der Waals surface area contributed by atoms with E-state index < -0.39 is 11.9 Å². The first-order valence-electron chi connectivity index (χ1n) is 6.94. The van der Waals surface area contributed by atoms with Gasteiger partial charge in [0.15, 0.2) is 5.13 Å². The van der Waals surface area contributed by atoms with E-state index in [9.17, 15) is 4.79 Å². The molecule has 2 rings (SSSR count). The molecule has 0 bridgehead atoms. The third-order valence-electron chi connectivity index (χ3n) is 3.04. The van der Waals surface area contributed by atoms with Crippen molar-refractivity contribution in [2.24, 2.45) is 11.8 Å². The highest BCUT2D eigenvalue weighted by Gasteiger charge is 2.20. The van der Waals surface area contributed by atoms with Crippen LogP contribution in [0, 0.1) is 11.8 Å². The van der Waals surface area contributed by atoms with Gasteiger partial charge < -0.3 is 10.0 Å². The van der Waals surface area contributed by atoms with Crippen LogP contribution in [0.4, 0.5) is 5.13 Å². The van der Waals surface area contributed by atoms with Gasteiger partial charge in [0.25, 0.3) is 0 Å². The minimum Gasteiger partial charge on any atom is -0.481 e. The van der Waals surface area contributed by atoms with Crippen molar-refractivity contribution in [1.29, 1.82) is 0 Å². The third-order valence-corrected chi connectivity index (χ3v) is 4.83. The SMILES string of the molecule is CC(C)CN(CC(C)C(=O)O)c1nc(-c2cccs2)cs1. The Kier molecular flexibility index (Phi) is 5.36. The van der Waals surface area contributed by atoms with Crippen LogP contribution in [-0.4, -0.2) is 29.1 Å². The van der Waals surface area contributed by atoms with Crippen molar-refractivity contribution in [2.75, 3.05) is 18.0 Å². The van der Waals surface area contributed by atoms with E-state index in [-0.39, 0.29) is 0 Å². The second-order valence-electron chi connectivity index (χ2n) is 5.53. The second kappa shape index (κ2) is 7.04. The maximum atomic E-state index is 11.1. The van der Waals surface area contributed by atoms with Gasteiger partial charge in [-0.3, -0.25) is 4.79 Å². The highest BCUT2D eigenvalue weighted by molar-refractivity contribution is 7.16. The van der Waals surface area contributed by atoms with E-state index >= 15 is 0 Å². The Morgan fingerprint density at radius 1 is 1.33 bits per heavy atom. The number of thiophene rings is 1. The van der Waals surface area contributed by atoms with Gasteiger partial charge in [-0.05, 0) is 17.4 Å². The molecule has 0 aliphatic heterocycles. The normalized spacial score (nSPS) is 12.6. The fourth-order valence-corrected chi connectivity index (χ4v) is 3.63. The van der Waals surface area contributed by atoms with Gasteiger partial charge in [0, 0.05) is 18.5 Å². The van der Waals surface area contributed by atoms with E-state index in [2.05, 4.69) is 29.8 Å². The standard InChI is InChI=1S/C15H20N2O2S2/c1-10(2)7-17(8-11(3)14(18)19)15-16-12(9-21-15)13-5-4-6-20-13/h4-6,9-11H,7-8H2,1-3H3,(H,18,19). The molecule has 4 nitrogen and oxygen atoms in total. The molecule has 0 aliphatic carbocycles. The molecule has 0 amide bonds. The highest BCUT2D eigenvalue weighted by Crippen LogP contribution is 2.30. The van der Waals surface area contributed by atoms with E-state index in [0.717, 1.165) is 22.2 Å². The monoisotopic (exact) mass is 324 g/mol. The summed E-state index contributed by atoms with van der Waals surface area (Å²) in [4.78, 5) is 19.0. The van der Waals surface area contributed by atoms with Crippen molar-refractivity contribution in [3.05, 3.63) is 22.9 Å². The summed E-state index contributed by atoms with van der Waals surface area (Å²) in [6, 6.07) is 4.06. The zero-order chi connectivity index (χ0) is 15.4. The number of anilines is 1. The summed E-state index contributed by atoms with van der Waals surface area (Å²) in [6.45, 7) is 7.31. The first kappa shape index (κ1) is 16.0. The molecule has 0 saturated carbocycles. The van der Waals surface area contributed by atoms with Gasteiger partial charge >= 0.3 is 5.97 Å². The number of carboxylic acid groups (broad SMARTS) is 1. The first-order valence-corrected chi connectivity index (χ1v) is 8.70. The van der Waals surface area contributed by atoms with Gasteiger partial charge in [-0.25, -0.2) is 4.98 Å². The summed E-state index contributed by atoms with van der Waals surface area (Å²) < 4.78 is 0. The molecule has 0 radical (unpaired) electrons. The number of thiazole rings is 1. The molecule has 114 valence electrons. The van der Waals surface area contributed by atoms with Gasteiger partial charge in [0.1, 0.15) is 0 Å². The summed E-state index contributed by atoms with van der Waals surface area (Å²) in [5, 5.41) is 14.1. The van der Waals surface area contributed by atoms with Gasteiger partial charge in [-0.1, -0.05) is 26.8 Å². The van der Waals surface area contributed by atoms with Crippen LogP contribution in [0.3, 0.4) is 0 Å². The lowest BCUT2D eigenvalue weighted by molar-refractivity contribution is -0.140. The van der Waals surface area contributed by atoms with Gasteiger partial charge in [-0.15, -0.1) is 22.7 Å². The second-order valence-corrected chi connectivity index (χ2v) is 7.31. The molecule has 1 unspecified atom stereocenters. The van der Waals surface area contributed by atoms with E-state index in [4.69, 9.17) is 5.11 Å². The largest absolute Gasteiger partial charge is 0.481 e. The zero-order valence-corrected chi connectivity index (χ0v) is 14.1. The van der Waals surface area contributed by atoms with Crippen LogP contribution >= 0.6 is 22.7 Å². The minimum absolute atomic E-state index is 0.405. The van der Waals surface area contributed by atoms with E-state index in [1.807, 2.05) is 16.8 Å². The maximum Gasteiger partial charge on any atom is 0.308 e. The maximum absolute atomic E-state index is 11.1. The number of hydrogen-bond donors (Lipinski definition) is 1. The Morgan fingerprint density at radius 3 is 2.67 bits per heavy atom. The lowest BCUT2D eigenvalue weighted by Gasteiger charge is -2.25. The topological polar surface area (TPSA) is 53.4 Å². The molecule has 21 heavy (non-hydrogen) atoms. The molecule has 0 fully saturated rings. The van der Waals surface area contributed by atoms with E-state index in [0.29, 0.717) is 12.5 Å². The minimum atomic E-state index is -0.765. The summed E-state index contributed by atoms with van der Waals surface area (Å²) in [5.41, 5.74) is 0.974. The van der Waals surface area contributed by atoms with Crippen LogP contribution in [0.25, 0.3) is 10.6 Å². The molecule has 0 spiro atoms. The van der Waals surface area contributed by atoms with Crippen LogP contribution in [-0.2, 0) is 4.79 Å². The van der Waals surface area contributed by atoms with Crippen molar-refractivity contribution < 1.29 is 9.90 Å². The molecule has 2 aromatic rings. The smallest absolute Gasteiger partial charge is 0.308 e. The fourth-order valence-electron chi connectivity index (χ4n) is 2.03. The van der Waals surface area contributed by atoms with Crippen molar-refractivity contribution >= 4 is 33.8 Å². The molecule has 1 atom stereocenters. The lowest BCUT2D eigenvalue weighted by Crippen LogP contribution is -2.34. The average Bonchev–Trinajstić information content (AvgIpc) is 3.08. The molecular formula is C15H20N2O2S2. The van der Waals surface area contributed by atoms with Crippen LogP contribution in [0.5, 0.6) is 0 Å². The first-order chi connectivity index (χ1) is 9.97. The Labute approximate surface area is 133 Å². The molecule has 1 N–H and O–H groups in total.